The number of aromatic carboxylic acids is 1. The monoisotopic (exact) mass is 237 g/mol. The molecule has 0 saturated heterocycles. The molecule has 0 amide bonds. The Morgan fingerprint density at radius 3 is 2.81 bits per heavy atom. The first-order valence-corrected chi connectivity index (χ1v) is 5.36. The van der Waals surface area contributed by atoms with E-state index in [1.807, 2.05) is 6.92 Å². The highest BCUT2D eigenvalue weighted by atomic mass is 32.1. The van der Waals surface area contributed by atoms with E-state index in [2.05, 4.69) is 4.98 Å². The number of benzene rings is 1. The molecule has 0 bridgehead atoms. The van der Waals surface area contributed by atoms with Crippen molar-refractivity contribution in [2.45, 2.75) is 6.92 Å². The zero-order chi connectivity index (χ0) is 11.7. The first kappa shape index (κ1) is 10.8. The Bertz CT molecular complexity index is 551. The predicted octanol–water partition coefficient (Wildman–Crippen LogP) is 2.96. The Morgan fingerprint density at radius 1 is 1.50 bits per heavy atom. The van der Waals surface area contributed by atoms with Crippen molar-refractivity contribution in [3.05, 3.63) is 40.7 Å². The average molecular weight is 237 g/mol. The van der Waals surface area contributed by atoms with Crippen molar-refractivity contribution in [3.8, 4) is 10.6 Å². The fraction of sp³-hybridized carbons (Fsp3) is 0.0909. The number of hydrogen-bond donors (Lipinski definition) is 1. The van der Waals surface area contributed by atoms with Crippen molar-refractivity contribution in [1.29, 1.82) is 0 Å². The van der Waals surface area contributed by atoms with Crippen LogP contribution in [0.3, 0.4) is 0 Å². The van der Waals surface area contributed by atoms with Gasteiger partial charge in [-0.25, -0.2) is 14.2 Å². The van der Waals surface area contributed by atoms with Crippen molar-refractivity contribution in [1.82, 2.24) is 4.98 Å². The Labute approximate surface area is 95.2 Å². The molecule has 0 fully saturated rings. The first-order chi connectivity index (χ1) is 7.59. The number of aromatic nitrogens is 1. The standard InChI is InChI=1S/C11H8FNO2S/c1-6-5-13-10(16-6)7-3-2-4-8(9(7)12)11(14)15/h2-5H,1H3,(H,14,15). The predicted molar refractivity (Wildman–Crippen MR) is 59.2 cm³/mol. The second-order valence-corrected chi connectivity index (χ2v) is 4.48. The second kappa shape index (κ2) is 4.02. The van der Waals surface area contributed by atoms with E-state index < -0.39 is 11.8 Å². The molecule has 3 nitrogen and oxygen atoms in total. The summed E-state index contributed by atoms with van der Waals surface area (Å²) < 4.78 is 13.8. The normalized spacial score (nSPS) is 10.4. The number of carboxylic acid groups (broad SMARTS) is 1. The van der Waals surface area contributed by atoms with Gasteiger partial charge in [-0.3, -0.25) is 0 Å². The highest BCUT2D eigenvalue weighted by molar-refractivity contribution is 7.14. The largest absolute Gasteiger partial charge is 0.478 e. The van der Waals surface area contributed by atoms with Crippen LogP contribution in [-0.4, -0.2) is 16.1 Å². The van der Waals surface area contributed by atoms with Gasteiger partial charge in [0.05, 0.1) is 5.56 Å². The molecule has 0 aliphatic rings. The molecule has 0 unspecified atom stereocenters. The van der Waals surface area contributed by atoms with Gasteiger partial charge in [-0.1, -0.05) is 6.07 Å². The fourth-order valence-corrected chi connectivity index (χ4v) is 2.12. The van der Waals surface area contributed by atoms with Gasteiger partial charge in [-0.15, -0.1) is 11.3 Å². The molecular weight excluding hydrogens is 229 g/mol. The van der Waals surface area contributed by atoms with Crippen molar-refractivity contribution in [2.75, 3.05) is 0 Å². The van der Waals surface area contributed by atoms with Crippen LogP contribution >= 0.6 is 11.3 Å². The highest BCUT2D eigenvalue weighted by Crippen LogP contribution is 2.28. The smallest absolute Gasteiger partial charge is 0.338 e. The number of aryl methyl sites for hydroxylation is 1. The number of carbonyl (C=O) groups is 1. The van der Waals surface area contributed by atoms with Crippen LogP contribution in [0.15, 0.2) is 24.4 Å². The van der Waals surface area contributed by atoms with Crippen molar-refractivity contribution < 1.29 is 14.3 Å². The van der Waals surface area contributed by atoms with Crippen LogP contribution in [0.5, 0.6) is 0 Å². The lowest BCUT2D eigenvalue weighted by atomic mass is 10.1. The van der Waals surface area contributed by atoms with Crippen LogP contribution in [0.4, 0.5) is 4.39 Å². The molecule has 0 saturated carbocycles. The van der Waals surface area contributed by atoms with Crippen LogP contribution in [0.25, 0.3) is 10.6 Å². The van der Waals surface area contributed by atoms with Crippen molar-refractivity contribution >= 4 is 17.3 Å². The maximum Gasteiger partial charge on any atom is 0.338 e. The van der Waals surface area contributed by atoms with E-state index in [0.29, 0.717) is 5.01 Å². The number of nitrogens with zero attached hydrogens (tertiary/aromatic N) is 1. The summed E-state index contributed by atoms with van der Waals surface area (Å²) in [6, 6.07) is 4.28. The number of rotatable bonds is 2. The quantitative estimate of drug-likeness (QED) is 0.873. The second-order valence-electron chi connectivity index (χ2n) is 3.25. The minimum Gasteiger partial charge on any atom is -0.478 e. The van der Waals surface area contributed by atoms with Crippen LogP contribution in [0.1, 0.15) is 15.2 Å². The van der Waals surface area contributed by atoms with Gasteiger partial charge in [0.2, 0.25) is 0 Å². The molecule has 1 N–H and O–H groups in total. The van der Waals surface area contributed by atoms with Gasteiger partial charge in [0, 0.05) is 16.6 Å². The van der Waals surface area contributed by atoms with Crippen LogP contribution < -0.4 is 0 Å². The molecule has 0 aliphatic carbocycles. The molecular formula is C11H8FNO2S. The summed E-state index contributed by atoms with van der Waals surface area (Å²) in [5, 5.41) is 9.28. The van der Waals surface area contributed by atoms with Crippen LogP contribution in [0.2, 0.25) is 0 Å². The first-order valence-electron chi connectivity index (χ1n) is 4.54. The molecule has 82 valence electrons. The molecule has 0 spiro atoms. The Hall–Kier alpha value is -1.75. The highest BCUT2D eigenvalue weighted by Gasteiger charge is 2.16. The van der Waals surface area contributed by atoms with E-state index in [1.54, 1.807) is 6.20 Å². The Kier molecular flexibility index (Phi) is 2.70. The van der Waals surface area contributed by atoms with Crippen LogP contribution in [-0.2, 0) is 0 Å². The van der Waals surface area contributed by atoms with Gasteiger partial charge in [0.1, 0.15) is 10.8 Å². The van der Waals surface area contributed by atoms with Crippen LogP contribution in [0, 0.1) is 12.7 Å². The zero-order valence-corrected chi connectivity index (χ0v) is 9.21. The minimum absolute atomic E-state index is 0.234. The van der Waals surface area contributed by atoms with E-state index in [1.165, 1.54) is 29.5 Å². The molecule has 1 aromatic heterocycles. The van der Waals surface area contributed by atoms with E-state index in [0.717, 1.165) is 4.88 Å². The minimum atomic E-state index is -1.27. The molecule has 2 aromatic rings. The summed E-state index contributed by atoms with van der Waals surface area (Å²) >= 11 is 1.33. The summed E-state index contributed by atoms with van der Waals surface area (Å²) in [6.45, 7) is 1.86. The van der Waals surface area contributed by atoms with E-state index >= 15 is 0 Å². The zero-order valence-electron chi connectivity index (χ0n) is 8.40. The summed E-state index contributed by atoms with van der Waals surface area (Å²) in [4.78, 5) is 15.7. The van der Waals surface area contributed by atoms with E-state index in [-0.39, 0.29) is 11.1 Å². The van der Waals surface area contributed by atoms with Gasteiger partial charge in [-0.05, 0) is 19.1 Å². The van der Waals surface area contributed by atoms with Crippen molar-refractivity contribution in [2.24, 2.45) is 0 Å². The number of halogens is 1. The van der Waals surface area contributed by atoms with Gasteiger partial charge in [0.25, 0.3) is 0 Å². The lowest BCUT2D eigenvalue weighted by Gasteiger charge is -2.01. The molecule has 0 radical (unpaired) electrons. The lowest BCUT2D eigenvalue weighted by molar-refractivity contribution is 0.0692. The number of carboxylic acids is 1. The third-order valence-electron chi connectivity index (χ3n) is 2.08. The molecule has 5 heteroatoms. The Morgan fingerprint density at radius 2 is 2.25 bits per heavy atom. The van der Waals surface area contributed by atoms with E-state index in [9.17, 15) is 9.18 Å². The van der Waals surface area contributed by atoms with Crippen molar-refractivity contribution in [3.63, 3.8) is 0 Å². The summed E-state index contributed by atoms with van der Waals surface area (Å²) in [7, 11) is 0. The number of hydrogen-bond acceptors (Lipinski definition) is 3. The summed E-state index contributed by atoms with van der Waals surface area (Å²) in [5.41, 5.74) is -0.0941. The van der Waals surface area contributed by atoms with E-state index in [4.69, 9.17) is 5.11 Å². The SMILES string of the molecule is Cc1cnc(-c2cccc(C(=O)O)c2F)s1. The average Bonchev–Trinajstić information content (AvgIpc) is 2.64. The maximum atomic E-state index is 13.8. The lowest BCUT2D eigenvalue weighted by Crippen LogP contribution is -2.01. The number of thiazole rings is 1. The van der Waals surface area contributed by atoms with Gasteiger partial charge < -0.3 is 5.11 Å². The summed E-state index contributed by atoms with van der Waals surface area (Å²) in [5.74, 6) is -2.00. The van der Waals surface area contributed by atoms with Gasteiger partial charge in [0.15, 0.2) is 0 Å². The molecule has 1 aromatic carbocycles. The molecule has 0 atom stereocenters. The molecule has 0 aliphatic heterocycles. The fourth-order valence-electron chi connectivity index (χ4n) is 1.34. The van der Waals surface area contributed by atoms with Gasteiger partial charge in [-0.2, -0.15) is 0 Å². The topological polar surface area (TPSA) is 50.2 Å². The third kappa shape index (κ3) is 1.81. The molecule has 16 heavy (non-hydrogen) atoms. The molecule has 1 heterocycles. The summed E-state index contributed by atoms with van der Waals surface area (Å²) in [6.07, 6.45) is 1.63. The van der Waals surface area contributed by atoms with Gasteiger partial charge >= 0.3 is 5.97 Å². The third-order valence-corrected chi connectivity index (χ3v) is 3.03. The maximum absolute atomic E-state index is 13.8. The molecule has 2 rings (SSSR count). The Balaban J connectivity index is 2.58.